The number of carboxylic acid groups (broad SMARTS) is 2. The Morgan fingerprint density at radius 1 is 0.423 bits per heavy atom. The monoisotopic (exact) mass is 1780 g/mol. The number of amides is 3. The van der Waals surface area contributed by atoms with Gasteiger partial charge in [-0.3, -0.25) is 28.8 Å². The summed E-state index contributed by atoms with van der Waals surface area (Å²) in [5, 5.41) is 41.1. The Hall–Kier alpha value is -14.0. The summed E-state index contributed by atoms with van der Waals surface area (Å²) in [4.78, 5) is 99.5. The van der Waals surface area contributed by atoms with Crippen molar-refractivity contribution in [1.82, 2.24) is 0 Å². The molecule has 0 fully saturated rings. The van der Waals surface area contributed by atoms with Crippen LogP contribution in [0.5, 0.6) is 0 Å². The number of nitrogens with one attached hydrogen (secondary N) is 1. The number of esters is 3. The molecule has 11 aromatic carbocycles. The number of ether oxygens (including phenoxy) is 3. The molecule has 0 bridgehead atoms. The maximum atomic E-state index is 13.5. The van der Waals surface area contributed by atoms with Crippen LogP contribution in [0.15, 0.2) is 300 Å². The van der Waals surface area contributed by atoms with Crippen LogP contribution in [0.25, 0.3) is 66.1 Å². The number of anilines is 4. The summed E-state index contributed by atoms with van der Waals surface area (Å²) < 4.78 is 38.2. The molecular formula is C95H87BBr2N6O19. The van der Waals surface area contributed by atoms with E-state index >= 15 is 0 Å². The number of fused-ring (bicyclic) bond motifs is 4. The molecule has 0 aliphatic heterocycles. The van der Waals surface area contributed by atoms with E-state index in [1.54, 1.807) is 179 Å². The molecule has 3 amide bonds. The van der Waals surface area contributed by atoms with Crippen LogP contribution < -0.4 is 37.8 Å². The average Bonchev–Trinajstić information content (AvgIpc) is 1.74. The Labute approximate surface area is 724 Å². The van der Waals surface area contributed by atoms with Crippen LogP contribution in [0, 0.1) is 0 Å². The Morgan fingerprint density at radius 2 is 0.837 bits per heavy atom. The van der Waals surface area contributed by atoms with Crippen molar-refractivity contribution >= 4 is 159 Å². The van der Waals surface area contributed by atoms with Gasteiger partial charge >= 0.3 is 37.0 Å². The molecule has 15 rings (SSSR count). The van der Waals surface area contributed by atoms with E-state index in [9.17, 15) is 38.4 Å². The summed E-state index contributed by atoms with van der Waals surface area (Å²) in [7, 11) is 2.06. The van der Waals surface area contributed by atoms with Gasteiger partial charge in [-0.15, -0.1) is 0 Å². The van der Waals surface area contributed by atoms with E-state index in [2.05, 4.69) is 37.2 Å². The molecule has 0 radical (unpaired) electrons. The summed E-state index contributed by atoms with van der Waals surface area (Å²) in [6, 6.07) is 73.6. The number of carboxylic acids is 2. The Bertz CT molecular complexity index is 6240. The van der Waals surface area contributed by atoms with Gasteiger partial charge in [0.15, 0.2) is 0 Å². The van der Waals surface area contributed by atoms with Crippen LogP contribution in [0.3, 0.4) is 0 Å². The molecule has 0 saturated heterocycles. The van der Waals surface area contributed by atoms with Gasteiger partial charge in [-0.05, 0) is 218 Å². The van der Waals surface area contributed by atoms with Gasteiger partial charge in [0.25, 0.3) is 17.7 Å². The predicted octanol–water partition coefficient (Wildman–Crippen LogP) is 17.7. The van der Waals surface area contributed by atoms with Crippen LogP contribution in [-0.2, 0) is 60.9 Å². The fourth-order valence-electron chi connectivity index (χ4n) is 12.9. The second-order valence-electron chi connectivity index (χ2n) is 27.2. The number of nitrogens with two attached hydrogens (primary N) is 3. The van der Waals surface area contributed by atoms with Crippen LogP contribution in [0.1, 0.15) is 100 Å². The largest absolute Gasteiger partial charge is 0.488 e. The molecule has 0 saturated carbocycles. The van der Waals surface area contributed by atoms with Crippen molar-refractivity contribution in [3.63, 3.8) is 0 Å². The number of carbonyl (C=O) groups excluding carboxylic acids is 6. The molecule has 15 aromatic rings. The summed E-state index contributed by atoms with van der Waals surface area (Å²) in [5.74, 6) is -3.56. The van der Waals surface area contributed by atoms with Crippen LogP contribution in [-0.4, -0.2) is 109 Å². The molecule has 11 N–H and O–H groups in total. The lowest BCUT2D eigenvalue weighted by atomic mass is 9.81. The minimum Gasteiger partial charge on any atom is -0.481 e. The minimum absolute atomic E-state index is 0.0968. The van der Waals surface area contributed by atoms with Gasteiger partial charge in [0, 0.05) is 99.3 Å². The molecule has 628 valence electrons. The molecule has 123 heavy (non-hydrogen) atoms. The van der Waals surface area contributed by atoms with Crippen molar-refractivity contribution in [2.24, 2.45) is 11.5 Å². The molecule has 4 heterocycles. The van der Waals surface area contributed by atoms with E-state index < -0.39 is 19.1 Å². The first-order chi connectivity index (χ1) is 59.3. The smallest absolute Gasteiger partial charge is 0.481 e. The second kappa shape index (κ2) is 44.3. The number of aliphatic carboxylic acids is 1. The van der Waals surface area contributed by atoms with Gasteiger partial charge in [0.1, 0.15) is 22.3 Å². The van der Waals surface area contributed by atoms with Crippen molar-refractivity contribution < 1.29 is 90.5 Å². The quantitative estimate of drug-likeness (QED) is 0.0135. The van der Waals surface area contributed by atoms with Crippen molar-refractivity contribution in [1.29, 1.82) is 0 Å². The lowest BCUT2D eigenvalue weighted by molar-refractivity contribution is -0.143. The second-order valence-corrected chi connectivity index (χ2v) is 28.9. The van der Waals surface area contributed by atoms with E-state index in [0.29, 0.717) is 116 Å². The number of halogens is 2. The van der Waals surface area contributed by atoms with Gasteiger partial charge in [0.05, 0.1) is 84.2 Å². The van der Waals surface area contributed by atoms with Gasteiger partial charge in [-0.2, -0.15) is 0 Å². The highest BCUT2D eigenvalue weighted by molar-refractivity contribution is 9.11. The van der Waals surface area contributed by atoms with Crippen LogP contribution in [0.2, 0.25) is 0 Å². The highest BCUT2D eigenvalue weighted by atomic mass is 79.9. The van der Waals surface area contributed by atoms with Crippen molar-refractivity contribution in [2.45, 2.75) is 53.1 Å². The summed E-state index contributed by atoms with van der Waals surface area (Å²) in [5.41, 5.74) is 32.4. The number of para-hydroxylation sites is 3. The summed E-state index contributed by atoms with van der Waals surface area (Å²) in [6.45, 7) is 7.17. The molecule has 0 unspecified atom stereocenters. The fraction of sp³-hybridized carbons (Fsp3) is 0.137. The fourth-order valence-corrected chi connectivity index (χ4v) is 14.0. The lowest BCUT2D eigenvalue weighted by Gasteiger charge is -2.21. The topological polar surface area (TPSA) is 394 Å². The third-order valence-corrected chi connectivity index (χ3v) is 19.9. The number of nitrogens with zero attached hydrogens (tertiary/aromatic N) is 2. The maximum Gasteiger partial charge on any atom is 0.488 e. The van der Waals surface area contributed by atoms with Gasteiger partial charge in [-0.1, -0.05) is 127 Å². The van der Waals surface area contributed by atoms with Crippen molar-refractivity contribution in [3.05, 3.63) is 338 Å². The number of carbonyl (C=O) groups is 8. The zero-order valence-corrected chi connectivity index (χ0v) is 70.7. The zero-order valence-electron chi connectivity index (χ0n) is 67.5. The Kier molecular flexibility index (Phi) is 32.9. The van der Waals surface area contributed by atoms with Crippen LogP contribution >= 0.6 is 31.9 Å². The van der Waals surface area contributed by atoms with Crippen LogP contribution in [0.4, 0.5) is 22.7 Å². The highest BCUT2D eigenvalue weighted by Crippen LogP contribution is 2.36. The molecule has 25 nitrogen and oxygen atoms in total. The third-order valence-electron chi connectivity index (χ3n) is 18.8. The number of hydrogen-bond donors (Lipinski definition) is 8. The first-order valence-corrected chi connectivity index (χ1v) is 40.1. The highest BCUT2D eigenvalue weighted by Gasteiger charge is 2.24. The van der Waals surface area contributed by atoms with Crippen molar-refractivity contribution in [2.75, 3.05) is 54.8 Å². The summed E-state index contributed by atoms with van der Waals surface area (Å²) in [6.07, 6.45) is 6.36. The van der Waals surface area contributed by atoms with E-state index in [0.717, 1.165) is 70.5 Å². The average molecular weight is 1790 g/mol. The van der Waals surface area contributed by atoms with Gasteiger partial charge in [0.2, 0.25) is 0 Å². The van der Waals surface area contributed by atoms with E-state index in [1.807, 2.05) is 127 Å². The number of nitrogen functional groups attached to an aromatic ring is 1. The first-order valence-electron chi connectivity index (χ1n) is 38.6. The number of benzene rings is 11. The number of hydrogen-bond acceptors (Lipinski definition) is 20. The molecule has 0 spiro atoms. The third kappa shape index (κ3) is 24.6. The number of aromatic carboxylic acids is 1. The maximum absolute atomic E-state index is 13.5. The normalized spacial score (nSPS) is 10.5. The Morgan fingerprint density at radius 3 is 1.29 bits per heavy atom. The van der Waals surface area contributed by atoms with Gasteiger partial charge in [-0.25, -0.2) is 9.59 Å². The molecular weight excluding hydrogens is 1700 g/mol. The standard InChI is InChI=1S/C27H26N2O4.C24H20N2O4.C20H18BrNO4.C9H5BrO3.C9H11NO2.C6H7BO2/c1-3-32-25(30)16-20-8-4-5-10-24(20)29(2)27(31)22-14-21-11-12-33-26(21)23(15-22)19-9-6-7-18(13-19)17-28;25-14-15-4-3-6-16(10-15)20-12-19(11-18-8-9-30-23(18)20)24(29)26-21-7-2-1-5-17(21)13-22(27)28;1-3-25-18(23)12-13-6-4-5-7-17(13)22(2)20(24)15-10-14-8-9-26-19(14)16(21)11-15;10-7-4-6(9(11)12)3-5-1-2-13-8(5)7;1-2-12-9(11)7-4-3-5-8(10)6-7;8-7(9)6-4-2-1-3-5-6/h4-15H,3,16-17,28H2,1-2H3;1-12H,13-14,25H2,(H,26,29)(H,27,28);4-11H,3,12H2,1-2H3;1-4H,(H,11,12);3-6H,2,10H2,1H3;1-5,8-9H. The van der Waals surface area contributed by atoms with E-state index in [1.165, 1.54) is 12.3 Å². The summed E-state index contributed by atoms with van der Waals surface area (Å²) >= 11 is 6.68. The molecule has 0 atom stereocenters. The molecule has 0 aliphatic carbocycles. The van der Waals surface area contributed by atoms with E-state index in [4.69, 9.17) is 69.3 Å². The number of rotatable bonds is 22. The number of furan rings is 4. The van der Waals surface area contributed by atoms with E-state index in [-0.39, 0.29) is 60.5 Å². The SMILES string of the molecule is CCOC(=O)Cc1ccccc1N(C)C(=O)c1cc(-c2cccc(CN)c2)c2occc2c1.CCOC(=O)Cc1ccccc1N(C)C(=O)c1cc(Br)c2occc2c1.CCOC(=O)c1cccc(N)c1.NCc1cccc(-c2cc(C(=O)Nc3ccccc3CC(=O)O)cc3ccoc23)c1.O=C(O)c1cc(Br)c2occc2c1.OB(O)c1ccccc1. The molecule has 0 aliphatic rings. The minimum atomic E-state index is -1.34. The lowest BCUT2D eigenvalue weighted by Crippen LogP contribution is -2.29. The first kappa shape index (κ1) is 91.3. The van der Waals surface area contributed by atoms with Crippen molar-refractivity contribution in [3.8, 4) is 22.3 Å². The molecule has 4 aromatic heterocycles. The molecule has 28 heteroatoms. The Balaban J connectivity index is 0.000000163. The zero-order chi connectivity index (χ0) is 88.2. The van der Waals surface area contributed by atoms with Gasteiger partial charge < -0.3 is 84.5 Å². The predicted molar refractivity (Wildman–Crippen MR) is 482 cm³/mol.